The number of nitrogens with zero attached hydrogens (tertiary/aromatic N) is 2. The standard InChI is InChI=1S/C25H27N3O2/c1-3-28(23-12-8-5-9-13-23)25(30)21-14-16-22(17-15-21)26-18-24(29)27(2)19-20-10-6-4-7-11-20/h4-17,26H,3,18-19H2,1-2H3. The molecule has 30 heavy (non-hydrogen) atoms. The molecule has 0 fully saturated rings. The van der Waals surface area contributed by atoms with Crippen LogP contribution >= 0.6 is 0 Å². The number of amides is 2. The lowest BCUT2D eigenvalue weighted by Crippen LogP contribution is -2.32. The Morgan fingerprint density at radius 2 is 1.43 bits per heavy atom. The molecule has 3 rings (SSSR count). The van der Waals surface area contributed by atoms with Gasteiger partial charge in [-0.25, -0.2) is 0 Å². The van der Waals surface area contributed by atoms with Gasteiger partial charge in [-0.3, -0.25) is 9.59 Å². The molecule has 0 radical (unpaired) electrons. The third-order valence-corrected chi connectivity index (χ3v) is 4.89. The van der Waals surface area contributed by atoms with Gasteiger partial charge in [-0.1, -0.05) is 48.5 Å². The second-order valence-corrected chi connectivity index (χ2v) is 7.05. The first-order valence-corrected chi connectivity index (χ1v) is 10.1. The van der Waals surface area contributed by atoms with E-state index in [4.69, 9.17) is 0 Å². The summed E-state index contributed by atoms with van der Waals surface area (Å²) in [5.74, 6) is -0.0471. The molecule has 5 nitrogen and oxygen atoms in total. The van der Waals surface area contributed by atoms with Gasteiger partial charge in [-0.15, -0.1) is 0 Å². The zero-order valence-corrected chi connectivity index (χ0v) is 17.4. The number of carbonyl (C=O) groups excluding carboxylic acids is 2. The van der Waals surface area contributed by atoms with Crippen molar-refractivity contribution in [1.82, 2.24) is 4.90 Å². The molecule has 1 N–H and O–H groups in total. The van der Waals surface area contributed by atoms with Gasteiger partial charge in [-0.2, -0.15) is 0 Å². The van der Waals surface area contributed by atoms with E-state index in [1.807, 2.05) is 79.7 Å². The fraction of sp³-hybridized carbons (Fsp3) is 0.200. The first kappa shape index (κ1) is 21.1. The molecule has 0 unspecified atom stereocenters. The van der Waals surface area contributed by atoms with Crippen molar-refractivity contribution in [2.75, 3.05) is 30.4 Å². The van der Waals surface area contributed by atoms with Crippen LogP contribution in [0.2, 0.25) is 0 Å². The summed E-state index contributed by atoms with van der Waals surface area (Å²) in [5, 5.41) is 3.14. The van der Waals surface area contributed by atoms with Crippen LogP contribution in [0, 0.1) is 0 Å². The van der Waals surface area contributed by atoms with Crippen LogP contribution in [0.3, 0.4) is 0 Å². The minimum atomic E-state index is -0.0473. The Hall–Kier alpha value is -3.60. The van der Waals surface area contributed by atoms with Gasteiger partial charge in [0.1, 0.15) is 0 Å². The van der Waals surface area contributed by atoms with E-state index in [1.165, 1.54) is 0 Å². The first-order valence-electron chi connectivity index (χ1n) is 10.1. The molecule has 154 valence electrons. The van der Waals surface area contributed by atoms with Crippen molar-refractivity contribution in [1.29, 1.82) is 0 Å². The van der Waals surface area contributed by atoms with Crippen molar-refractivity contribution < 1.29 is 9.59 Å². The van der Waals surface area contributed by atoms with Crippen LogP contribution < -0.4 is 10.2 Å². The minimum Gasteiger partial charge on any atom is -0.376 e. The maximum Gasteiger partial charge on any atom is 0.258 e. The zero-order valence-electron chi connectivity index (χ0n) is 17.4. The van der Waals surface area contributed by atoms with Gasteiger partial charge in [0, 0.05) is 37.1 Å². The fourth-order valence-corrected chi connectivity index (χ4v) is 3.20. The predicted octanol–water partition coefficient (Wildman–Crippen LogP) is 4.42. The molecule has 0 atom stereocenters. The van der Waals surface area contributed by atoms with E-state index in [1.54, 1.807) is 29.0 Å². The van der Waals surface area contributed by atoms with E-state index in [-0.39, 0.29) is 18.4 Å². The number of para-hydroxylation sites is 1. The molecule has 0 aliphatic heterocycles. The Morgan fingerprint density at radius 1 is 0.833 bits per heavy atom. The average Bonchev–Trinajstić information content (AvgIpc) is 2.79. The SMILES string of the molecule is CCN(C(=O)c1ccc(NCC(=O)N(C)Cc2ccccc2)cc1)c1ccccc1. The second-order valence-electron chi connectivity index (χ2n) is 7.05. The van der Waals surface area contributed by atoms with Gasteiger partial charge in [0.2, 0.25) is 5.91 Å². The maximum atomic E-state index is 12.9. The summed E-state index contributed by atoms with van der Waals surface area (Å²) in [5.41, 5.74) is 3.38. The highest BCUT2D eigenvalue weighted by Gasteiger charge is 2.16. The molecule has 3 aromatic carbocycles. The van der Waals surface area contributed by atoms with Crippen LogP contribution in [0.15, 0.2) is 84.9 Å². The van der Waals surface area contributed by atoms with Crippen molar-refractivity contribution in [3.05, 3.63) is 96.1 Å². The molecule has 0 heterocycles. The van der Waals surface area contributed by atoms with Gasteiger partial charge >= 0.3 is 0 Å². The second kappa shape index (κ2) is 10.3. The quantitative estimate of drug-likeness (QED) is 0.608. The number of anilines is 2. The molecule has 2 amide bonds. The van der Waals surface area contributed by atoms with Crippen LogP contribution in [0.1, 0.15) is 22.8 Å². The van der Waals surface area contributed by atoms with E-state index < -0.39 is 0 Å². The number of likely N-dealkylation sites (N-methyl/N-ethyl adjacent to an activating group) is 1. The molecular weight excluding hydrogens is 374 g/mol. The number of hydrogen-bond donors (Lipinski definition) is 1. The molecule has 0 aliphatic carbocycles. The predicted molar refractivity (Wildman–Crippen MR) is 122 cm³/mol. The maximum absolute atomic E-state index is 12.9. The Bertz CT molecular complexity index is 957. The third-order valence-electron chi connectivity index (χ3n) is 4.89. The largest absolute Gasteiger partial charge is 0.376 e. The number of hydrogen-bond acceptors (Lipinski definition) is 3. The number of rotatable bonds is 8. The Kier molecular flexibility index (Phi) is 7.22. The molecule has 5 heteroatoms. The van der Waals surface area contributed by atoms with Gasteiger partial charge in [0.15, 0.2) is 0 Å². The van der Waals surface area contributed by atoms with Gasteiger partial charge < -0.3 is 15.1 Å². The van der Waals surface area contributed by atoms with Crippen molar-refractivity contribution in [3.63, 3.8) is 0 Å². The summed E-state index contributed by atoms with van der Waals surface area (Å²) in [6.07, 6.45) is 0. The Balaban J connectivity index is 1.56. The summed E-state index contributed by atoms with van der Waals surface area (Å²) in [4.78, 5) is 28.7. The summed E-state index contributed by atoms with van der Waals surface area (Å²) in [6, 6.07) is 26.7. The molecule has 0 aliphatic rings. The number of nitrogens with one attached hydrogen (secondary N) is 1. The fourth-order valence-electron chi connectivity index (χ4n) is 3.20. The normalized spacial score (nSPS) is 10.3. The highest BCUT2D eigenvalue weighted by Crippen LogP contribution is 2.18. The van der Waals surface area contributed by atoms with Crippen molar-refractivity contribution in [2.24, 2.45) is 0 Å². The molecule has 3 aromatic rings. The molecule has 0 saturated heterocycles. The van der Waals surface area contributed by atoms with Crippen LogP contribution in [0.4, 0.5) is 11.4 Å². The van der Waals surface area contributed by atoms with Crippen LogP contribution in [-0.4, -0.2) is 36.9 Å². The summed E-state index contributed by atoms with van der Waals surface area (Å²) >= 11 is 0. The smallest absolute Gasteiger partial charge is 0.258 e. The van der Waals surface area contributed by atoms with Crippen LogP contribution in [0.25, 0.3) is 0 Å². The molecule has 0 bridgehead atoms. The number of benzene rings is 3. The summed E-state index contributed by atoms with van der Waals surface area (Å²) < 4.78 is 0. The zero-order chi connectivity index (χ0) is 21.3. The van der Waals surface area contributed by atoms with Gasteiger partial charge in [0.05, 0.1) is 6.54 Å². The lowest BCUT2D eigenvalue weighted by atomic mass is 10.1. The van der Waals surface area contributed by atoms with Gasteiger partial charge in [-0.05, 0) is 48.9 Å². The lowest BCUT2D eigenvalue weighted by Gasteiger charge is -2.21. The highest BCUT2D eigenvalue weighted by molar-refractivity contribution is 6.06. The Labute approximate surface area is 177 Å². The molecule has 0 saturated carbocycles. The topological polar surface area (TPSA) is 52.7 Å². The van der Waals surface area contributed by atoms with E-state index in [9.17, 15) is 9.59 Å². The van der Waals surface area contributed by atoms with E-state index >= 15 is 0 Å². The summed E-state index contributed by atoms with van der Waals surface area (Å²) in [6.45, 7) is 3.31. The number of carbonyl (C=O) groups is 2. The van der Waals surface area contributed by atoms with Crippen molar-refractivity contribution in [2.45, 2.75) is 13.5 Å². The van der Waals surface area contributed by atoms with Crippen LogP contribution in [0.5, 0.6) is 0 Å². The minimum absolute atomic E-state index is 0.000224. The van der Waals surface area contributed by atoms with E-state index in [2.05, 4.69) is 5.32 Å². The Morgan fingerprint density at radius 3 is 2.03 bits per heavy atom. The monoisotopic (exact) mass is 401 g/mol. The lowest BCUT2D eigenvalue weighted by molar-refractivity contribution is -0.128. The van der Waals surface area contributed by atoms with Crippen molar-refractivity contribution in [3.8, 4) is 0 Å². The van der Waals surface area contributed by atoms with Crippen LogP contribution in [-0.2, 0) is 11.3 Å². The molecule has 0 spiro atoms. The van der Waals surface area contributed by atoms with Gasteiger partial charge in [0.25, 0.3) is 5.91 Å². The molecule has 0 aromatic heterocycles. The third kappa shape index (κ3) is 5.47. The van der Waals surface area contributed by atoms with E-state index in [0.29, 0.717) is 18.7 Å². The first-order chi connectivity index (χ1) is 14.6. The van der Waals surface area contributed by atoms with E-state index in [0.717, 1.165) is 16.9 Å². The molecular formula is C25H27N3O2. The summed E-state index contributed by atoms with van der Waals surface area (Å²) in [7, 11) is 1.79. The average molecular weight is 402 g/mol. The van der Waals surface area contributed by atoms with Crippen molar-refractivity contribution >= 4 is 23.2 Å². The highest BCUT2D eigenvalue weighted by atomic mass is 16.2.